The van der Waals surface area contributed by atoms with Crippen LogP contribution in [0.3, 0.4) is 0 Å². The number of hydrogen-bond donors (Lipinski definition) is 2. The highest BCUT2D eigenvalue weighted by atomic mass is 16.2. The maximum atomic E-state index is 12.0. The first-order chi connectivity index (χ1) is 10.9. The van der Waals surface area contributed by atoms with E-state index < -0.39 is 5.91 Å². The van der Waals surface area contributed by atoms with Crippen molar-refractivity contribution in [2.24, 2.45) is 7.05 Å². The molecule has 1 aromatic heterocycles. The van der Waals surface area contributed by atoms with E-state index in [1.807, 2.05) is 32.0 Å². The zero-order valence-corrected chi connectivity index (χ0v) is 13.3. The van der Waals surface area contributed by atoms with Crippen LogP contribution in [0.2, 0.25) is 0 Å². The van der Waals surface area contributed by atoms with Crippen molar-refractivity contribution in [3.63, 3.8) is 0 Å². The van der Waals surface area contributed by atoms with Gasteiger partial charge in [-0.05, 0) is 31.0 Å². The lowest BCUT2D eigenvalue weighted by atomic mass is 10.1. The number of benzene rings is 1. The number of anilines is 1. The van der Waals surface area contributed by atoms with E-state index >= 15 is 0 Å². The minimum atomic E-state index is -0.459. The van der Waals surface area contributed by atoms with Crippen molar-refractivity contribution in [2.75, 3.05) is 11.9 Å². The van der Waals surface area contributed by atoms with Gasteiger partial charge in [-0.2, -0.15) is 0 Å². The fraction of sp³-hybridized carbons (Fsp3) is 0.235. The van der Waals surface area contributed by atoms with Crippen molar-refractivity contribution in [1.82, 2.24) is 9.88 Å². The first kappa shape index (κ1) is 16.5. The summed E-state index contributed by atoms with van der Waals surface area (Å²) in [6.45, 7) is 3.64. The second-order valence-electron chi connectivity index (χ2n) is 5.36. The number of pyridine rings is 1. The Bertz CT molecular complexity index is 789. The molecule has 0 saturated carbocycles. The van der Waals surface area contributed by atoms with Crippen molar-refractivity contribution in [3.8, 4) is 0 Å². The van der Waals surface area contributed by atoms with Gasteiger partial charge in [0.1, 0.15) is 0 Å². The van der Waals surface area contributed by atoms with Crippen LogP contribution in [-0.4, -0.2) is 22.9 Å². The predicted molar refractivity (Wildman–Crippen MR) is 88.6 cm³/mol. The van der Waals surface area contributed by atoms with E-state index in [0.29, 0.717) is 0 Å². The van der Waals surface area contributed by atoms with E-state index in [1.54, 1.807) is 7.05 Å². The van der Waals surface area contributed by atoms with Gasteiger partial charge in [0.2, 0.25) is 5.91 Å². The Hall–Kier alpha value is -2.89. The molecule has 0 unspecified atom stereocenters. The molecule has 0 aliphatic carbocycles. The molecule has 6 heteroatoms. The highest BCUT2D eigenvalue weighted by Crippen LogP contribution is 2.18. The minimum absolute atomic E-state index is 0.165. The number of nitrogens with zero attached hydrogens (tertiary/aromatic N) is 1. The van der Waals surface area contributed by atoms with Gasteiger partial charge >= 0.3 is 0 Å². The Morgan fingerprint density at radius 2 is 1.78 bits per heavy atom. The number of amides is 2. The van der Waals surface area contributed by atoms with Gasteiger partial charge in [0.15, 0.2) is 0 Å². The van der Waals surface area contributed by atoms with E-state index in [0.717, 1.165) is 16.8 Å². The van der Waals surface area contributed by atoms with Gasteiger partial charge in [-0.3, -0.25) is 14.4 Å². The van der Waals surface area contributed by atoms with E-state index in [2.05, 4.69) is 10.6 Å². The van der Waals surface area contributed by atoms with Gasteiger partial charge < -0.3 is 15.2 Å². The van der Waals surface area contributed by atoms with Crippen LogP contribution in [0.1, 0.15) is 21.5 Å². The monoisotopic (exact) mass is 313 g/mol. The van der Waals surface area contributed by atoms with Gasteiger partial charge in [-0.25, -0.2) is 0 Å². The van der Waals surface area contributed by atoms with Crippen LogP contribution in [-0.2, 0) is 11.8 Å². The average Bonchev–Trinajstić information content (AvgIpc) is 2.51. The number of carbonyl (C=O) groups is 2. The number of nitrogens with one attached hydrogen (secondary N) is 2. The maximum Gasteiger partial charge on any atom is 0.251 e. The fourth-order valence-electron chi connectivity index (χ4n) is 2.15. The Labute approximate surface area is 134 Å². The Kier molecular flexibility index (Phi) is 4.95. The molecule has 0 fully saturated rings. The molecule has 2 N–H and O–H groups in total. The lowest BCUT2D eigenvalue weighted by Gasteiger charge is -2.12. The molecule has 120 valence electrons. The molecule has 23 heavy (non-hydrogen) atoms. The molecule has 0 radical (unpaired) electrons. The molecule has 6 nitrogen and oxygen atoms in total. The number of hydrogen-bond acceptors (Lipinski definition) is 3. The first-order valence-corrected chi connectivity index (χ1v) is 7.19. The summed E-state index contributed by atoms with van der Waals surface area (Å²) >= 11 is 0. The number of aromatic nitrogens is 1. The highest BCUT2D eigenvalue weighted by Gasteiger charge is 2.11. The summed E-state index contributed by atoms with van der Waals surface area (Å²) < 4.78 is 1.37. The molecule has 0 atom stereocenters. The minimum Gasteiger partial charge on any atom is -0.343 e. The number of aryl methyl sites for hydroxylation is 3. The molecule has 2 aromatic rings. The molecule has 0 bridgehead atoms. The van der Waals surface area contributed by atoms with Crippen molar-refractivity contribution in [1.29, 1.82) is 0 Å². The molecule has 0 aliphatic rings. The summed E-state index contributed by atoms with van der Waals surface area (Å²) in [5.41, 5.74) is 2.61. The van der Waals surface area contributed by atoms with Crippen LogP contribution >= 0.6 is 0 Å². The third kappa shape index (κ3) is 4.06. The highest BCUT2D eigenvalue weighted by molar-refractivity contribution is 5.99. The summed E-state index contributed by atoms with van der Waals surface area (Å²) in [4.78, 5) is 35.4. The lowest BCUT2D eigenvalue weighted by Crippen LogP contribution is -2.33. The molecule has 0 saturated heterocycles. The van der Waals surface area contributed by atoms with E-state index in [9.17, 15) is 14.4 Å². The van der Waals surface area contributed by atoms with Crippen molar-refractivity contribution in [2.45, 2.75) is 13.8 Å². The Morgan fingerprint density at radius 3 is 2.39 bits per heavy atom. The number of rotatable bonds is 4. The predicted octanol–water partition coefficient (Wildman–Crippen LogP) is 1.37. The standard InChI is InChI=1S/C17H19N3O3/c1-11-5-4-6-12(2)16(11)19-14(21)10-18-17(23)13-7-8-20(3)15(22)9-13/h4-9H,10H2,1-3H3,(H,18,23)(H,19,21). The molecular formula is C17H19N3O3. The maximum absolute atomic E-state index is 12.0. The topological polar surface area (TPSA) is 80.2 Å². The summed E-state index contributed by atoms with van der Waals surface area (Å²) in [5, 5.41) is 5.29. The molecule has 0 spiro atoms. The van der Waals surface area contributed by atoms with Crippen LogP contribution in [0, 0.1) is 13.8 Å². The third-order valence-corrected chi connectivity index (χ3v) is 3.52. The largest absolute Gasteiger partial charge is 0.343 e. The molecule has 2 amide bonds. The summed E-state index contributed by atoms with van der Waals surface area (Å²) in [7, 11) is 1.60. The first-order valence-electron chi connectivity index (χ1n) is 7.19. The van der Waals surface area contributed by atoms with Gasteiger partial charge in [-0.15, -0.1) is 0 Å². The van der Waals surface area contributed by atoms with Crippen LogP contribution in [0.25, 0.3) is 0 Å². The van der Waals surface area contributed by atoms with Crippen LogP contribution < -0.4 is 16.2 Å². The molecular weight excluding hydrogens is 294 g/mol. The number of carbonyl (C=O) groups excluding carboxylic acids is 2. The zero-order valence-electron chi connectivity index (χ0n) is 13.3. The van der Waals surface area contributed by atoms with Crippen molar-refractivity contribution in [3.05, 3.63) is 63.6 Å². The van der Waals surface area contributed by atoms with E-state index in [4.69, 9.17) is 0 Å². The SMILES string of the molecule is Cc1cccc(C)c1NC(=O)CNC(=O)c1ccn(C)c(=O)c1. The molecule has 1 aromatic carbocycles. The smallest absolute Gasteiger partial charge is 0.251 e. The van der Waals surface area contributed by atoms with E-state index in [-0.39, 0.29) is 23.6 Å². The third-order valence-electron chi connectivity index (χ3n) is 3.52. The molecule has 0 aliphatic heterocycles. The van der Waals surface area contributed by atoms with Gasteiger partial charge in [0.25, 0.3) is 11.5 Å². The van der Waals surface area contributed by atoms with Crippen molar-refractivity contribution < 1.29 is 9.59 Å². The van der Waals surface area contributed by atoms with Crippen molar-refractivity contribution >= 4 is 17.5 Å². The van der Waals surface area contributed by atoms with Gasteiger partial charge in [0, 0.05) is 30.6 Å². The molecule has 2 rings (SSSR count). The lowest BCUT2D eigenvalue weighted by molar-refractivity contribution is -0.115. The van der Waals surface area contributed by atoms with E-state index in [1.165, 1.54) is 22.9 Å². The average molecular weight is 313 g/mol. The normalized spacial score (nSPS) is 10.2. The quantitative estimate of drug-likeness (QED) is 0.894. The van der Waals surface area contributed by atoms with Crippen LogP contribution in [0.15, 0.2) is 41.3 Å². The summed E-state index contributed by atoms with van der Waals surface area (Å²) in [6.07, 6.45) is 1.51. The Morgan fingerprint density at radius 1 is 1.13 bits per heavy atom. The van der Waals surface area contributed by atoms with Gasteiger partial charge in [-0.1, -0.05) is 18.2 Å². The number of para-hydroxylation sites is 1. The second-order valence-corrected chi connectivity index (χ2v) is 5.36. The Balaban J connectivity index is 1.97. The fourth-order valence-corrected chi connectivity index (χ4v) is 2.15. The summed E-state index contributed by atoms with van der Waals surface area (Å²) in [5.74, 6) is -0.779. The van der Waals surface area contributed by atoms with Gasteiger partial charge in [0.05, 0.1) is 6.54 Å². The van der Waals surface area contributed by atoms with Crippen LogP contribution in [0.5, 0.6) is 0 Å². The molecule has 1 heterocycles. The summed E-state index contributed by atoms with van der Waals surface area (Å²) in [6, 6.07) is 8.48. The van der Waals surface area contributed by atoms with Crippen LogP contribution in [0.4, 0.5) is 5.69 Å². The zero-order chi connectivity index (χ0) is 17.0. The second kappa shape index (κ2) is 6.91.